The van der Waals surface area contributed by atoms with Crippen LogP contribution < -0.4 is 10.6 Å². The number of nitrogens with one attached hydrogen (secondary N) is 2. The number of aromatic nitrogens is 3. The van der Waals surface area contributed by atoms with Gasteiger partial charge in [0.1, 0.15) is 5.82 Å². The number of carbonyl (C=O) groups excluding carboxylic acids is 2. The van der Waals surface area contributed by atoms with Gasteiger partial charge >= 0.3 is 0 Å². The molecule has 0 spiro atoms. The van der Waals surface area contributed by atoms with E-state index in [0.717, 1.165) is 0 Å². The number of thioether (sulfide) groups is 1. The standard InChI is InChI=1S/C21H18Cl3N5O2S/c1-2-7-29-18(11-19(30)26-17-6-4-3-5-16(17)24)27-28-21(29)32-12-20(31)25-15-9-13(22)8-14(23)10-15/h2-6,8-10H,1,7,11-12H2,(H,25,31)(H,26,30). The number of nitrogens with zero attached hydrogens (tertiary/aromatic N) is 3. The minimum atomic E-state index is -0.289. The molecule has 0 fully saturated rings. The second-order valence-electron chi connectivity index (χ2n) is 6.50. The van der Waals surface area contributed by atoms with E-state index in [1.54, 1.807) is 53.1 Å². The summed E-state index contributed by atoms with van der Waals surface area (Å²) >= 11 is 19.2. The first-order valence-corrected chi connectivity index (χ1v) is 11.4. The summed E-state index contributed by atoms with van der Waals surface area (Å²) in [6, 6.07) is 11.7. The first-order valence-electron chi connectivity index (χ1n) is 9.32. The molecule has 0 aliphatic rings. The maximum atomic E-state index is 12.5. The zero-order chi connectivity index (χ0) is 23.1. The fourth-order valence-electron chi connectivity index (χ4n) is 2.72. The number of allylic oxidation sites excluding steroid dienone is 1. The van der Waals surface area contributed by atoms with Gasteiger partial charge in [0.15, 0.2) is 5.16 Å². The Morgan fingerprint density at radius 1 is 1.03 bits per heavy atom. The molecule has 2 N–H and O–H groups in total. The molecule has 0 saturated carbocycles. The van der Waals surface area contributed by atoms with E-state index in [2.05, 4.69) is 27.4 Å². The van der Waals surface area contributed by atoms with Crippen molar-refractivity contribution >= 4 is 69.8 Å². The summed E-state index contributed by atoms with van der Waals surface area (Å²) in [7, 11) is 0. The van der Waals surface area contributed by atoms with E-state index in [1.165, 1.54) is 11.8 Å². The monoisotopic (exact) mass is 509 g/mol. The molecule has 0 bridgehead atoms. The molecule has 32 heavy (non-hydrogen) atoms. The van der Waals surface area contributed by atoms with Crippen LogP contribution in [-0.2, 0) is 22.6 Å². The molecule has 1 aromatic heterocycles. The van der Waals surface area contributed by atoms with Gasteiger partial charge in [-0.2, -0.15) is 0 Å². The van der Waals surface area contributed by atoms with Gasteiger partial charge in [-0.1, -0.05) is 64.8 Å². The molecule has 0 radical (unpaired) electrons. The topological polar surface area (TPSA) is 88.9 Å². The third kappa shape index (κ3) is 6.74. The second kappa shape index (κ2) is 11.4. The van der Waals surface area contributed by atoms with Crippen LogP contribution in [0, 0.1) is 0 Å². The predicted octanol–water partition coefficient (Wildman–Crippen LogP) is 5.34. The molecule has 0 unspecified atom stereocenters. The minimum absolute atomic E-state index is 0.0141. The molecule has 2 aromatic carbocycles. The quantitative estimate of drug-likeness (QED) is 0.300. The van der Waals surface area contributed by atoms with Gasteiger partial charge in [-0.25, -0.2) is 0 Å². The summed E-state index contributed by atoms with van der Waals surface area (Å²) in [5.74, 6) is -0.0352. The third-order valence-corrected chi connectivity index (χ3v) is 5.78. The number of anilines is 2. The van der Waals surface area contributed by atoms with Crippen LogP contribution in [0.2, 0.25) is 15.1 Å². The molecule has 3 rings (SSSR count). The highest BCUT2D eigenvalue weighted by Crippen LogP contribution is 2.24. The number of para-hydroxylation sites is 1. The number of carbonyl (C=O) groups is 2. The summed E-state index contributed by atoms with van der Waals surface area (Å²) < 4.78 is 1.73. The van der Waals surface area contributed by atoms with Gasteiger partial charge in [0.05, 0.1) is 22.9 Å². The van der Waals surface area contributed by atoms with Gasteiger partial charge in [-0.15, -0.1) is 16.8 Å². The van der Waals surface area contributed by atoms with Crippen molar-refractivity contribution in [3.8, 4) is 0 Å². The van der Waals surface area contributed by atoms with E-state index in [4.69, 9.17) is 34.8 Å². The molecule has 0 aliphatic heterocycles. The Kier molecular flexibility index (Phi) is 8.58. The van der Waals surface area contributed by atoms with Gasteiger partial charge in [0.25, 0.3) is 0 Å². The van der Waals surface area contributed by atoms with E-state index in [0.29, 0.717) is 44.0 Å². The Morgan fingerprint density at radius 2 is 1.75 bits per heavy atom. The van der Waals surface area contributed by atoms with Gasteiger partial charge in [-0.3, -0.25) is 9.59 Å². The Labute approximate surface area is 204 Å². The van der Waals surface area contributed by atoms with Crippen LogP contribution in [0.4, 0.5) is 11.4 Å². The van der Waals surface area contributed by atoms with Crippen molar-refractivity contribution in [1.82, 2.24) is 14.8 Å². The van der Waals surface area contributed by atoms with Crippen LogP contribution in [0.5, 0.6) is 0 Å². The lowest BCUT2D eigenvalue weighted by atomic mass is 10.3. The lowest BCUT2D eigenvalue weighted by Crippen LogP contribution is -2.18. The van der Waals surface area contributed by atoms with Gasteiger partial charge in [0, 0.05) is 22.3 Å². The largest absolute Gasteiger partial charge is 0.325 e. The van der Waals surface area contributed by atoms with Crippen LogP contribution in [0.25, 0.3) is 0 Å². The molecule has 1 heterocycles. The molecule has 2 amide bonds. The number of benzene rings is 2. The predicted molar refractivity (Wildman–Crippen MR) is 130 cm³/mol. The Bertz CT molecular complexity index is 1130. The van der Waals surface area contributed by atoms with Crippen molar-refractivity contribution in [2.24, 2.45) is 0 Å². The van der Waals surface area contributed by atoms with Crippen molar-refractivity contribution in [2.45, 2.75) is 18.1 Å². The van der Waals surface area contributed by atoms with E-state index >= 15 is 0 Å². The Morgan fingerprint density at radius 3 is 2.44 bits per heavy atom. The zero-order valence-corrected chi connectivity index (χ0v) is 19.7. The van der Waals surface area contributed by atoms with Crippen molar-refractivity contribution in [3.05, 3.63) is 76.0 Å². The fraction of sp³-hybridized carbons (Fsp3) is 0.143. The van der Waals surface area contributed by atoms with Crippen molar-refractivity contribution < 1.29 is 9.59 Å². The highest BCUT2D eigenvalue weighted by atomic mass is 35.5. The maximum absolute atomic E-state index is 12.5. The molecule has 11 heteroatoms. The first-order chi connectivity index (χ1) is 15.4. The lowest BCUT2D eigenvalue weighted by molar-refractivity contribution is -0.116. The van der Waals surface area contributed by atoms with Crippen molar-refractivity contribution in [1.29, 1.82) is 0 Å². The molecule has 3 aromatic rings. The van der Waals surface area contributed by atoms with E-state index in [-0.39, 0.29) is 24.0 Å². The molecule has 166 valence electrons. The lowest BCUT2D eigenvalue weighted by Gasteiger charge is -2.09. The van der Waals surface area contributed by atoms with Crippen LogP contribution in [0.3, 0.4) is 0 Å². The maximum Gasteiger partial charge on any atom is 0.234 e. The number of amides is 2. The fourth-order valence-corrected chi connectivity index (χ4v) is 4.20. The van der Waals surface area contributed by atoms with E-state index in [1.807, 2.05) is 0 Å². The molecular formula is C21H18Cl3N5O2S. The van der Waals surface area contributed by atoms with Crippen molar-refractivity contribution in [2.75, 3.05) is 16.4 Å². The average molecular weight is 511 g/mol. The van der Waals surface area contributed by atoms with Crippen molar-refractivity contribution in [3.63, 3.8) is 0 Å². The average Bonchev–Trinajstić information content (AvgIpc) is 3.09. The van der Waals surface area contributed by atoms with Gasteiger partial charge < -0.3 is 15.2 Å². The summed E-state index contributed by atoms with van der Waals surface area (Å²) in [4.78, 5) is 24.8. The summed E-state index contributed by atoms with van der Waals surface area (Å²) in [5.41, 5.74) is 1.01. The van der Waals surface area contributed by atoms with Gasteiger partial charge in [0.2, 0.25) is 11.8 Å². The van der Waals surface area contributed by atoms with Crippen LogP contribution >= 0.6 is 46.6 Å². The van der Waals surface area contributed by atoms with Crippen LogP contribution in [0.1, 0.15) is 5.82 Å². The molecule has 0 atom stereocenters. The number of halogens is 3. The van der Waals surface area contributed by atoms with E-state index < -0.39 is 0 Å². The molecule has 0 saturated heterocycles. The van der Waals surface area contributed by atoms with Crippen LogP contribution in [-0.4, -0.2) is 32.3 Å². The van der Waals surface area contributed by atoms with Crippen LogP contribution in [0.15, 0.2) is 60.3 Å². The Balaban J connectivity index is 1.63. The summed E-state index contributed by atoms with van der Waals surface area (Å²) in [6.45, 7) is 4.12. The van der Waals surface area contributed by atoms with E-state index in [9.17, 15) is 9.59 Å². The number of rotatable bonds is 9. The smallest absolute Gasteiger partial charge is 0.234 e. The minimum Gasteiger partial charge on any atom is -0.325 e. The number of hydrogen-bond donors (Lipinski definition) is 2. The first kappa shape index (κ1) is 24.1. The highest BCUT2D eigenvalue weighted by Gasteiger charge is 2.17. The third-order valence-electron chi connectivity index (χ3n) is 4.05. The number of hydrogen-bond acceptors (Lipinski definition) is 5. The second-order valence-corrected chi connectivity index (χ2v) is 8.72. The molecule has 7 nitrogen and oxygen atoms in total. The summed E-state index contributed by atoms with van der Waals surface area (Å²) in [6.07, 6.45) is 1.65. The molecule has 0 aliphatic carbocycles. The highest BCUT2D eigenvalue weighted by molar-refractivity contribution is 7.99. The molecular weight excluding hydrogens is 493 g/mol. The Hall–Kier alpha value is -2.52. The SMILES string of the molecule is C=CCn1c(CC(=O)Nc2ccccc2Cl)nnc1SCC(=O)Nc1cc(Cl)cc(Cl)c1. The normalized spacial score (nSPS) is 10.6. The summed E-state index contributed by atoms with van der Waals surface area (Å²) in [5, 5.41) is 15.5. The zero-order valence-electron chi connectivity index (χ0n) is 16.6. The van der Waals surface area contributed by atoms with Gasteiger partial charge in [-0.05, 0) is 30.3 Å².